The number of piperidine rings is 1. The Morgan fingerprint density at radius 1 is 1.32 bits per heavy atom. The highest BCUT2D eigenvalue weighted by Crippen LogP contribution is 2.19. The van der Waals surface area contributed by atoms with Gasteiger partial charge in [0.2, 0.25) is 5.91 Å². The summed E-state index contributed by atoms with van der Waals surface area (Å²) in [5, 5.41) is 0. The second kappa shape index (κ2) is 9.70. The Morgan fingerprint density at radius 2 is 2.05 bits per heavy atom. The van der Waals surface area contributed by atoms with Gasteiger partial charge in [-0.25, -0.2) is 0 Å². The minimum Gasteiger partial charge on any atom is -0.377 e. The molecule has 4 heteroatoms. The Bertz CT molecular complexity index is 455. The summed E-state index contributed by atoms with van der Waals surface area (Å²) in [7, 11) is 0. The standard InChI is InChI=1S/C18H25NO2S/c1-2-12-21-13-16-8-10-19(11-9-16)18(20)15-22-14-17-6-4-3-5-7-17/h2-7,16H,1,8-15H2. The molecule has 0 N–H and O–H groups in total. The van der Waals surface area contributed by atoms with Crippen LogP contribution in [0.2, 0.25) is 0 Å². The predicted molar refractivity (Wildman–Crippen MR) is 92.9 cm³/mol. The molecule has 0 aliphatic carbocycles. The van der Waals surface area contributed by atoms with Gasteiger partial charge in [0.25, 0.3) is 0 Å². The van der Waals surface area contributed by atoms with Crippen molar-refractivity contribution in [2.24, 2.45) is 5.92 Å². The van der Waals surface area contributed by atoms with E-state index in [4.69, 9.17) is 4.74 Å². The van der Waals surface area contributed by atoms with Crippen LogP contribution in [0.5, 0.6) is 0 Å². The molecule has 0 aromatic heterocycles. The van der Waals surface area contributed by atoms with E-state index in [1.54, 1.807) is 17.8 Å². The zero-order chi connectivity index (χ0) is 15.6. The first-order valence-electron chi connectivity index (χ1n) is 7.87. The molecule has 22 heavy (non-hydrogen) atoms. The van der Waals surface area contributed by atoms with Crippen LogP contribution in [0.15, 0.2) is 43.0 Å². The van der Waals surface area contributed by atoms with E-state index >= 15 is 0 Å². The molecule has 1 aliphatic heterocycles. The van der Waals surface area contributed by atoms with Gasteiger partial charge in [-0.1, -0.05) is 36.4 Å². The largest absolute Gasteiger partial charge is 0.377 e. The third-order valence-corrected chi connectivity index (χ3v) is 4.88. The molecular formula is C18H25NO2S. The van der Waals surface area contributed by atoms with Crippen molar-refractivity contribution in [1.82, 2.24) is 4.90 Å². The molecule has 2 rings (SSSR count). The maximum Gasteiger partial charge on any atom is 0.232 e. The van der Waals surface area contributed by atoms with E-state index in [-0.39, 0.29) is 5.91 Å². The smallest absolute Gasteiger partial charge is 0.232 e. The molecule has 0 spiro atoms. The molecular weight excluding hydrogens is 294 g/mol. The van der Waals surface area contributed by atoms with Crippen molar-refractivity contribution in [1.29, 1.82) is 0 Å². The van der Waals surface area contributed by atoms with E-state index in [0.717, 1.165) is 38.3 Å². The average Bonchev–Trinajstić information content (AvgIpc) is 2.56. The minimum atomic E-state index is 0.270. The van der Waals surface area contributed by atoms with Gasteiger partial charge in [0.05, 0.1) is 12.4 Å². The molecule has 1 amide bonds. The van der Waals surface area contributed by atoms with E-state index < -0.39 is 0 Å². The summed E-state index contributed by atoms with van der Waals surface area (Å²) in [5.41, 5.74) is 1.28. The van der Waals surface area contributed by atoms with Crippen LogP contribution < -0.4 is 0 Å². The number of carbonyl (C=O) groups is 1. The van der Waals surface area contributed by atoms with Crippen LogP contribution in [0.3, 0.4) is 0 Å². The minimum absolute atomic E-state index is 0.270. The molecule has 1 aromatic carbocycles. The van der Waals surface area contributed by atoms with Gasteiger partial charge < -0.3 is 9.64 Å². The molecule has 3 nitrogen and oxygen atoms in total. The molecule has 120 valence electrons. The lowest BCUT2D eigenvalue weighted by Gasteiger charge is -2.31. The van der Waals surface area contributed by atoms with Crippen molar-refractivity contribution in [2.75, 3.05) is 32.1 Å². The van der Waals surface area contributed by atoms with Crippen molar-refractivity contribution >= 4 is 17.7 Å². The summed E-state index contributed by atoms with van der Waals surface area (Å²) in [4.78, 5) is 14.2. The highest BCUT2D eigenvalue weighted by Gasteiger charge is 2.22. The van der Waals surface area contributed by atoms with Gasteiger partial charge in [-0.3, -0.25) is 4.79 Å². The number of rotatable bonds is 8. The molecule has 0 unspecified atom stereocenters. The second-order valence-corrected chi connectivity index (χ2v) is 6.61. The number of hydrogen-bond acceptors (Lipinski definition) is 3. The van der Waals surface area contributed by atoms with Crippen LogP contribution in [0.25, 0.3) is 0 Å². The highest BCUT2D eigenvalue weighted by molar-refractivity contribution is 7.99. The Labute approximate surface area is 137 Å². The number of ether oxygens (including phenoxy) is 1. The molecule has 0 radical (unpaired) electrons. The number of carbonyl (C=O) groups excluding carboxylic acids is 1. The number of thioether (sulfide) groups is 1. The Hall–Kier alpha value is -1.26. The molecule has 1 saturated heterocycles. The number of benzene rings is 1. The van der Waals surface area contributed by atoms with Gasteiger partial charge in [0, 0.05) is 25.4 Å². The van der Waals surface area contributed by atoms with E-state index in [0.29, 0.717) is 18.3 Å². The Kier molecular flexibility index (Phi) is 7.54. The summed E-state index contributed by atoms with van der Waals surface area (Å²) in [6, 6.07) is 10.3. The van der Waals surface area contributed by atoms with Gasteiger partial charge in [0.15, 0.2) is 0 Å². The SMILES string of the molecule is C=CCOCC1CCN(C(=O)CSCc2ccccc2)CC1. The van der Waals surface area contributed by atoms with Gasteiger partial charge in [-0.2, -0.15) is 0 Å². The number of hydrogen-bond donors (Lipinski definition) is 0. The highest BCUT2D eigenvalue weighted by atomic mass is 32.2. The van der Waals surface area contributed by atoms with Crippen LogP contribution >= 0.6 is 11.8 Å². The maximum atomic E-state index is 12.2. The lowest BCUT2D eigenvalue weighted by Crippen LogP contribution is -2.40. The van der Waals surface area contributed by atoms with Crippen LogP contribution in [-0.4, -0.2) is 42.9 Å². The van der Waals surface area contributed by atoms with Crippen molar-refractivity contribution in [3.63, 3.8) is 0 Å². The van der Waals surface area contributed by atoms with Crippen LogP contribution in [-0.2, 0) is 15.3 Å². The second-order valence-electron chi connectivity index (χ2n) is 5.63. The van der Waals surface area contributed by atoms with Gasteiger partial charge in [0.1, 0.15) is 0 Å². The van der Waals surface area contributed by atoms with E-state index in [1.165, 1.54) is 5.56 Å². The Morgan fingerprint density at radius 3 is 2.73 bits per heavy atom. The molecule has 0 atom stereocenters. The fraction of sp³-hybridized carbons (Fsp3) is 0.500. The first kappa shape index (κ1) is 17.1. The van der Waals surface area contributed by atoms with E-state index in [1.807, 2.05) is 23.1 Å². The number of amides is 1. The zero-order valence-electron chi connectivity index (χ0n) is 13.1. The molecule has 0 bridgehead atoms. The summed E-state index contributed by atoms with van der Waals surface area (Å²) < 4.78 is 5.51. The van der Waals surface area contributed by atoms with E-state index in [2.05, 4.69) is 18.7 Å². The number of likely N-dealkylation sites (tertiary alicyclic amines) is 1. The topological polar surface area (TPSA) is 29.5 Å². The van der Waals surface area contributed by atoms with Crippen LogP contribution in [0.4, 0.5) is 0 Å². The third-order valence-electron chi connectivity index (χ3n) is 3.89. The molecule has 1 heterocycles. The van der Waals surface area contributed by atoms with Crippen LogP contribution in [0.1, 0.15) is 18.4 Å². The van der Waals surface area contributed by atoms with Crippen molar-refractivity contribution < 1.29 is 9.53 Å². The van der Waals surface area contributed by atoms with Crippen LogP contribution in [0, 0.1) is 5.92 Å². The number of nitrogens with zero attached hydrogens (tertiary/aromatic N) is 1. The van der Waals surface area contributed by atoms with Gasteiger partial charge >= 0.3 is 0 Å². The first-order valence-corrected chi connectivity index (χ1v) is 9.03. The molecule has 1 fully saturated rings. The molecule has 1 aromatic rings. The summed E-state index contributed by atoms with van der Waals surface area (Å²) in [5.74, 6) is 2.33. The van der Waals surface area contributed by atoms with Gasteiger partial charge in [-0.05, 0) is 24.3 Å². The van der Waals surface area contributed by atoms with Gasteiger partial charge in [-0.15, -0.1) is 18.3 Å². The van der Waals surface area contributed by atoms with Crippen molar-refractivity contribution in [3.8, 4) is 0 Å². The fourth-order valence-electron chi connectivity index (χ4n) is 2.59. The quantitative estimate of drug-likeness (QED) is 0.543. The molecule has 1 aliphatic rings. The predicted octanol–water partition coefficient (Wildman–Crippen LogP) is 3.36. The zero-order valence-corrected chi connectivity index (χ0v) is 13.9. The monoisotopic (exact) mass is 319 g/mol. The molecule has 0 saturated carbocycles. The Balaban J connectivity index is 1.61. The first-order chi connectivity index (χ1) is 10.8. The maximum absolute atomic E-state index is 12.2. The van der Waals surface area contributed by atoms with Crippen molar-refractivity contribution in [3.05, 3.63) is 48.6 Å². The summed E-state index contributed by atoms with van der Waals surface area (Å²) >= 11 is 1.70. The fourth-order valence-corrected chi connectivity index (χ4v) is 3.48. The van der Waals surface area contributed by atoms with Crippen molar-refractivity contribution in [2.45, 2.75) is 18.6 Å². The summed E-state index contributed by atoms with van der Waals surface area (Å²) in [6.45, 7) is 6.79. The normalized spacial score (nSPS) is 15.7. The van der Waals surface area contributed by atoms with E-state index in [9.17, 15) is 4.79 Å². The lowest BCUT2D eigenvalue weighted by atomic mass is 9.98. The average molecular weight is 319 g/mol. The third kappa shape index (κ3) is 5.85. The lowest BCUT2D eigenvalue weighted by molar-refractivity contribution is -0.130. The summed E-state index contributed by atoms with van der Waals surface area (Å²) in [6.07, 6.45) is 3.88.